The van der Waals surface area contributed by atoms with Crippen LogP contribution in [0.1, 0.15) is 27.8 Å². The number of aromatic amines is 1. The van der Waals surface area contributed by atoms with Crippen molar-refractivity contribution in [1.29, 1.82) is 0 Å². The summed E-state index contributed by atoms with van der Waals surface area (Å²) in [5.74, 6) is -0.108. The lowest BCUT2D eigenvalue weighted by molar-refractivity contribution is 0.580. The van der Waals surface area contributed by atoms with Crippen LogP contribution in [0.2, 0.25) is 0 Å². The molecule has 0 aliphatic carbocycles. The summed E-state index contributed by atoms with van der Waals surface area (Å²) in [6.45, 7) is 5.77. The van der Waals surface area contributed by atoms with E-state index in [1.165, 1.54) is 0 Å². The first kappa shape index (κ1) is 18.4. The highest BCUT2D eigenvalue weighted by molar-refractivity contribution is 7.88. The first-order chi connectivity index (χ1) is 12.2. The molecule has 0 saturated heterocycles. The average molecular weight is 370 g/mol. The molecule has 3 aromatic rings. The molecule has 3 rings (SSSR count). The van der Waals surface area contributed by atoms with Crippen molar-refractivity contribution in [3.63, 3.8) is 0 Å². The number of nitrogens with one attached hydrogen (secondary N) is 2. The maximum Gasteiger partial charge on any atom is 0.252 e. The summed E-state index contributed by atoms with van der Waals surface area (Å²) in [4.78, 5) is 15.2. The fourth-order valence-corrected chi connectivity index (χ4v) is 4.29. The second-order valence-corrected chi connectivity index (χ2v) is 8.48. The van der Waals surface area contributed by atoms with Crippen molar-refractivity contribution in [3.05, 3.63) is 80.6 Å². The van der Waals surface area contributed by atoms with E-state index >= 15 is 0 Å². The first-order valence-electron chi connectivity index (χ1n) is 8.40. The molecular weight excluding hydrogens is 348 g/mol. The van der Waals surface area contributed by atoms with Gasteiger partial charge in [0.1, 0.15) is 0 Å². The molecular formula is C20H22N2O3S. The van der Waals surface area contributed by atoms with Crippen LogP contribution in [0, 0.1) is 20.8 Å². The average Bonchev–Trinajstić information content (AvgIpc) is 2.56. The summed E-state index contributed by atoms with van der Waals surface area (Å²) >= 11 is 0. The van der Waals surface area contributed by atoms with E-state index in [9.17, 15) is 13.2 Å². The number of hydrogen-bond donors (Lipinski definition) is 2. The van der Waals surface area contributed by atoms with Gasteiger partial charge in [-0.05, 0) is 55.0 Å². The minimum absolute atomic E-state index is 0.0352. The lowest BCUT2D eigenvalue weighted by atomic mass is 10.1. The van der Waals surface area contributed by atoms with Crippen molar-refractivity contribution in [2.45, 2.75) is 33.1 Å². The third-order valence-electron chi connectivity index (χ3n) is 4.46. The van der Waals surface area contributed by atoms with Gasteiger partial charge in [0.15, 0.2) is 0 Å². The predicted molar refractivity (Wildman–Crippen MR) is 105 cm³/mol. The van der Waals surface area contributed by atoms with Crippen molar-refractivity contribution in [3.8, 4) is 0 Å². The predicted octanol–water partition coefficient (Wildman–Crippen LogP) is 3.07. The fraction of sp³-hybridized carbons (Fsp3) is 0.250. The first-order valence-corrected chi connectivity index (χ1v) is 10.1. The number of sulfonamides is 1. The summed E-state index contributed by atoms with van der Waals surface area (Å²) in [5, 5.41) is 0.898. The Kier molecular flexibility index (Phi) is 4.98. The van der Waals surface area contributed by atoms with E-state index in [1.54, 1.807) is 12.1 Å². The smallest absolute Gasteiger partial charge is 0.252 e. The third-order valence-corrected chi connectivity index (χ3v) is 5.73. The summed E-state index contributed by atoms with van der Waals surface area (Å²) in [5.41, 5.74) is 4.66. The van der Waals surface area contributed by atoms with Crippen LogP contribution in [-0.2, 0) is 22.3 Å². The van der Waals surface area contributed by atoms with Crippen LogP contribution in [0.5, 0.6) is 0 Å². The Morgan fingerprint density at radius 1 is 0.962 bits per heavy atom. The molecule has 1 heterocycles. The van der Waals surface area contributed by atoms with E-state index in [0.29, 0.717) is 5.56 Å². The van der Waals surface area contributed by atoms with Crippen LogP contribution in [-0.4, -0.2) is 13.4 Å². The van der Waals surface area contributed by atoms with Gasteiger partial charge in [-0.2, -0.15) is 0 Å². The second-order valence-electron chi connectivity index (χ2n) is 6.68. The normalized spacial score (nSPS) is 11.8. The Labute approximate surface area is 153 Å². The summed E-state index contributed by atoms with van der Waals surface area (Å²) in [6.07, 6.45) is 0. The molecule has 0 aliphatic rings. The fourth-order valence-electron chi connectivity index (χ4n) is 3.08. The van der Waals surface area contributed by atoms with E-state index < -0.39 is 10.0 Å². The standard InChI is InChI=1S/C20H22N2O3S/c1-13-8-15(3)19-17(9-13)10-18(20(23)22-19)11-21-26(24,25)12-16-7-5-4-6-14(16)2/h4-10,21H,11-12H2,1-3H3,(H,22,23). The van der Waals surface area contributed by atoms with Gasteiger partial charge in [0, 0.05) is 12.1 Å². The lowest BCUT2D eigenvalue weighted by Crippen LogP contribution is -2.28. The van der Waals surface area contributed by atoms with E-state index in [4.69, 9.17) is 0 Å². The number of rotatable bonds is 5. The quantitative estimate of drug-likeness (QED) is 0.724. The van der Waals surface area contributed by atoms with E-state index in [-0.39, 0.29) is 17.9 Å². The number of pyridine rings is 1. The molecule has 1 aromatic heterocycles. The van der Waals surface area contributed by atoms with Gasteiger partial charge < -0.3 is 4.98 Å². The molecule has 0 atom stereocenters. The Balaban J connectivity index is 1.84. The maximum atomic E-state index is 12.4. The summed E-state index contributed by atoms with van der Waals surface area (Å²) in [6, 6.07) is 13.1. The molecule has 0 unspecified atom stereocenters. The van der Waals surface area contributed by atoms with Gasteiger partial charge in [0.2, 0.25) is 10.0 Å². The Morgan fingerprint density at radius 3 is 2.42 bits per heavy atom. The number of aryl methyl sites for hydroxylation is 3. The summed E-state index contributed by atoms with van der Waals surface area (Å²) < 4.78 is 27.3. The number of hydrogen-bond acceptors (Lipinski definition) is 3. The lowest BCUT2D eigenvalue weighted by Gasteiger charge is -2.10. The zero-order valence-corrected chi connectivity index (χ0v) is 15.9. The van der Waals surface area contributed by atoms with Crippen LogP contribution >= 0.6 is 0 Å². The molecule has 5 nitrogen and oxygen atoms in total. The number of benzene rings is 2. The highest BCUT2D eigenvalue weighted by Crippen LogP contribution is 2.18. The third kappa shape index (κ3) is 4.03. The number of aromatic nitrogens is 1. The van der Waals surface area contributed by atoms with E-state index in [1.807, 2.05) is 51.1 Å². The molecule has 0 amide bonds. The second kappa shape index (κ2) is 7.05. The monoisotopic (exact) mass is 370 g/mol. The SMILES string of the molecule is Cc1cc(C)c2[nH]c(=O)c(CNS(=O)(=O)Cc3ccccc3C)cc2c1. The van der Waals surface area contributed by atoms with Crippen LogP contribution in [0.3, 0.4) is 0 Å². The van der Waals surface area contributed by atoms with Crippen molar-refractivity contribution in [2.75, 3.05) is 0 Å². The van der Waals surface area contributed by atoms with Gasteiger partial charge in [0.05, 0.1) is 11.3 Å². The molecule has 26 heavy (non-hydrogen) atoms. The van der Waals surface area contributed by atoms with Gasteiger partial charge >= 0.3 is 0 Å². The Hall–Kier alpha value is -2.44. The van der Waals surface area contributed by atoms with Crippen LogP contribution in [0.25, 0.3) is 10.9 Å². The number of H-pyrrole nitrogens is 1. The maximum absolute atomic E-state index is 12.4. The van der Waals surface area contributed by atoms with Gasteiger partial charge in [-0.1, -0.05) is 35.9 Å². The van der Waals surface area contributed by atoms with Crippen LogP contribution in [0.4, 0.5) is 0 Å². The Bertz CT molecular complexity index is 1130. The van der Waals surface area contributed by atoms with Gasteiger partial charge in [0.25, 0.3) is 5.56 Å². The topological polar surface area (TPSA) is 79.0 Å². The van der Waals surface area contributed by atoms with Crippen molar-refractivity contribution in [2.24, 2.45) is 0 Å². The Morgan fingerprint density at radius 2 is 1.69 bits per heavy atom. The molecule has 0 saturated carbocycles. The zero-order valence-electron chi connectivity index (χ0n) is 15.1. The van der Waals surface area contributed by atoms with Crippen molar-refractivity contribution in [1.82, 2.24) is 9.71 Å². The molecule has 0 bridgehead atoms. The molecule has 0 radical (unpaired) electrons. The van der Waals surface area contributed by atoms with Crippen LogP contribution in [0.15, 0.2) is 47.3 Å². The van der Waals surface area contributed by atoms with E-state index in [0.717, 1.165) is 33.2 Å². The molecule has 0 aliphatic heterocycles. The minimum Gasteiger partial charge on any atom is -0.321 e. The molecule has 0 spiro atoms. The van der Waals surface area contributed by atoms with Gasteiger partial charge in [-0.3, -0.25) is 4.79 Å². The molecule has 2 N–H and O–H groups in total. The van der Waals surface area contributed by atoms with Crippen molar-refractivity contribution >= 4 is 20.9 Å². The molecule has 6 heteroatoms. The molecule has 0 fully saturated rings. The highest BCUT2D eigenvalue weighted by Gasteiger charge is 2.14. The largest absolute Gasteiger partial charge is 0.321 e. The van der Waals surface area contributed by atoms with Crippen LogP contribution < -0.4 is 10.3 Å². The highest BCUT2D eigenvalue weighted by atomic mass is 32.2. The molecule has 2 aromatic carbocycles. The number of fused-ring (bicyclic) bond motifs is 1. The summed E-state index contributed by atoms with van der Waals surface area (Å²) in [7, 11) is -3.54. The van der Waals surface area contributed by atoms with Gasteiger partial charge in [-0.25, -0.2) is 13.1 Å². The van der Waals surface area contributed by atoms with Crippen molar-refractivity contribution < 1.29 is 8.42 Å². The minimum atomic E-state index is -3.54. The molecule has 136 valence electrons. The zero-order chi connectivity index (χ0) is 18.9. The van der Waals surface area contributed by atoms with E-state index in [2.05, 4.69) is 9.71 Å². The van der Waals surface area contributed by atoms with Gasteiger partial charge in [-0.15, -0.1) is 0 Å².